The van der Waals surface area contributed by atoms with E-state index in [1.165, 1.54) is 27.8 Å². The van der Waals surface area contributed by atoms with Gasteiger partial charge in [-0.1, -0.05) is 30.3 Å². The van der Waals surface area contributed by atoms with E-state index >= 15 is 0 Å². The highest BCUT2D eigenvalue weighted by molar-refractivity contribution is 7.12. The molecule has 0 N–H and O–H groups in total. The van der Waals surface area contributed by atoms with Gasteiger partial charge in [-0.25, -0.2) is 0 Å². The highest BCUT2D eigenvalue weighted by atomic mass is 32.1. The Bertz CT molecular complexity index is 1270. The van der Waals surface area contributed by atoms with Crippen LogP contribution in [0.5, 0.6) is 5.75 Å². The van der Waals surface area contributed by atoms with Crippen LogP contribution in [0.4, 0.5) is 0 Å². The zero-order valence-corrected chi connectivity index (χ0v) is 21.5. The van der Waals surface area contributed by atoms with Gasteiger partial charge in [0.1, 0.15) is 12.4 Å². The van der Waals surface area contributed by atoms with Gasteiger partial charge in [0.15, 0.2) is 0 Å². The van der Waals surface area contributed by atoms with Crippen molar-refractivity contribution >= 4 is 28.1 Å². The van der Waals surface area contributed by atoms with Gasteiger partial charge in [-0.2, -0.15) is 0 Å². The van der Waals surface area contributed by atoms with Crippen LogP contribution in [-0.4, -0.2) is 72.0 Å². The van der Waals surface area contributed by atoms with Crippen LogP contribution in [-0.2, 0) is 13.1 Å². The van der Waals surface area contributed by atoms with Crippen LogP contribution < -0.4 is 4.74 Å². The van der Waals surface area contributed by atoms with Gasteiger partial charge in [-0.05, 0) is 60.0 Å². The van der Waals surface area contributed by atoms with Gasteiger partial charge in [0.25, 0.3) is 5.91 Å². The Morgan fingerprint density at radius 3 is 2.53 bits per heavy atom. The monoisotopic (exact) mass is 500 g/mol. The predicted octanol–water partition coefficient (Wildman–Crippen LogP) is 4.77. The Morgan fingerprint density at radius 1 is 0.972 bits per heavy atom. The number of hydrogen-bond acceptors (Lipinski definition) is 6. The van der Waals surface area contributed by atoms with Gasteiger partial charge < -0.3 is 9.64 Å². The highest BCUT2D eigenvalue weighted by Crippen LogP contribution is 2.18. The molecule has 5 rings (SSSR count). The molecule has 0 aliphatic carbocycles. The number of carbonyl (C=O) groups is 1. The second-order valence-electron chi connectivity index (χ2n) is 9.31. The average molecular weight is 501 g/mol. The molecule has 0 radical (unpaired) electrons. The second-order valence-corrected chi connectivity index (χ2v) is 10.3. The zero-order chi connectivity index (χ0) is 24.7. The summed E-state index contributed by atoms with van der Waals surface area (Å²) in [6.07, 6.45) is 1.83. The maximum Gasteiger partial charge on any atom is 0.264 e. The molecule has 0 atom stereocenters. The SMILES string of the molecule is CN(Cc1ccc(OCCN2CCN(C(=O)c3cccs3)CC2)cc1)Cc1ccc2ncccc2c1. The molecule has 0 spiro atoms. The number of thiophene rings is 1. The Morgan fingerprint density at radius 2 is 1.75 bits per heavy atom. The van der Waals surface area contributed by atoms with Gasteiger partial charge in [0.05, 0.1) is 10.4 Å². The Labute approximate surface area is 216 Å². The maximum atomic E-state index is 12.5. The van der Waals surface area contributed by atoms with Crippen molar-refractivity contribution in [2.45, 2.75) is 13.1 Å². The lowest BCUT2D eigenvalue weighted by molar-refractivity contribution is 0.0625. The standard InChI is InChI=1S/C29H32N4O2S/c1-31(22-24-8-11-27-25(20-24)4-2-12-30-27)21-23-6-9-26(10-7-23)35-18-17-32-13-15-33(16-14-32)29(34)28-5-3-19-36-28/h2-12,19-20H,13-18,21-22H2,1H3. The first kappa shape index (κ1) is 24.4. The lowest BCUT2D eigenvalue weighted by Gasteiger charge is -2.34. The van der Waals surface area contributed by atoms with E-state index in [4.69, 9.17) is 4.74 Å². The summed E-state index contributed by atoms with van der Waals surface area (Å²) in [4.78, 5) is 24.4. The molecule has 1 amide bonds. The number of rotatable bonds is 9. The number of carbonyl (C=O) groups excluding carboxylic acids is 1. The summed E-state index contributed by atoms with van der Waals surface area (Å²) < 4.78 is 6.00. The van der Waals surface area contributed by atoms with Crippen LogP contribution in [0, 0.1) is 0 Å². The predicted molar refractivity (Wildman–Crippen MR) is 146 cm³/mol. The fraction of sp³-hybridized carbons (Fsp3) is 0.310. The molecule has 7 heteroatoms. The number of ether oxygens (including phenoxy) is 1. The first-order valence-electron chi connectivity index (χ1n) is 12.4. The average Bonchev–Trinajstić information content (AvgIpc) is 3.45. The largest absolute Gasteiger partial charge is 0.492 e. The topological polar surface area (TPSA) is 48.9 Å². The number of hydrogen-bond donors (Lipinski definition) is 0. The lowest BCUT2D eigenvalue weighted by Crippen LogP contribution is -2.49. The van der Waals surface area contributed by atoms with Gasteiger partial charge in [0.2, 0.25) is 0 Å². The van der Waals surface area contributed by atoms with E-state index in [1.807, 2.05) is 34.7 Å². The molecule has 2 aromatic carbocycles. The second kappa shape index (κ2) is 11.6. The zero-order valence-electron chi connectivity index (χ0n) is 20.7. The smallest absolute Gasteiger partial charge is 0.264 e. The summed E-state index contributed by atoms with van der Waals surface area (Å²) in [5.74, 6) is 1.05. The number of piperazine rings is 1. The minimum atomic E-state index is 0.154. The van der Waals surface area contributed by atoms with Crippen molar-refractivity contribution in [2.24, 2.45) is 0 Å². The third-order valence-corrected chi connectivity index (χ3v) is 7.42. The van der Waals surface area contributed by atoms with Crippen molar-refractivity contribution in [1.29, 1.82) is 0 Å². The van der Waals surface area contributed by atoms with Crippen LogP contribution in [0.15, 0.2) is 78.3 Å². The summed E-state index contributed by atoms with van der Waals surface area (Å²) >= 11 is 1.51. The number of nitrogens with zero attached hydrogens (tertiary/aromatic N) is 4. The van der Waals surface area contributed by atoms with Crippen LogP contribution >= 0.6 is 11.3 Å². The molecule has 4 aromatic rings. The minimum Gasteiger partial charge on any atom is -0.492 e. The molecule has 186 valence electrons. The van der Waals surface area contributed by atoms with Crippen molar-refractivity contribution in [2.75, 3.05) is 46.4 Å². The van der Waals surface area contributed by atoms with E-state index in [-0.39, 0.29) is 5.91 Å². The lowest BCUT2D eigenvalue weighted by atomic mass is 10.1. The number of fused-ring (bicyclic) bond motifs is 1. The molecule has 6 nitrogen and oxygen atoms in total. The Hall–Kier alpha value is -3.26. The van der Waals surface area contributed by atoms with Crippen molar-refractivity contribution in [3.8, 4) is 5.75 Å². The summed E-state index contributed by atoms with van der Waals surface area (Å²) in [6, 6.07) is 22.8. The van der Waals surface area contributed by atoms with Crippen LogP contribution in [0.2, 0.25) is 0 Å². The molecular formula is C29H32N4O2S. The van der Waals surface area contributed by atoms with Gasteiger partial charge in [-0.15, -0.1) is 11.3 Å². The molecule has 3 heterocycles. The maximum absolute atomic E-state index is 12.5. The number of pyridine rings is 1. The van der Waals surface area contributed by atoms with Crippen LogP contribution in [0.25, 0.3) is 10.9 Å². The molecule has 2 aromatic heterocycles. The molecule has 0 unspecified atom stereocenters. The van der Waals surface area contributed by atoms with E-state index in [0.717, 1.165) is 62.0 Å². The van der Waals surface area contributed by atoms with Gasteiger partial charge in [-0.3, -0.25) is 19.6 Å². The molecule has 1 aliphatic rings. The minimum absolute atomic E-state index is 0.154. The first-order valence-corrected chi connectivity index (χ1v) is 13.3. The molecule has 0 bridgehead atoms. The van der Waals surface area contributed by atoms with Crippen molar-refractivity contribution in [3.05, 3.63) is 94.3 Å². The Balaban J connectivity index is 1.03. The van der Waals surface area contributed by atoms with Crippen molar-refractivity contribution in [3.63, 3.8) is 0 Å². The normalized spacial score (nSPS) is 14.4. The molecule has 1 aliphatic heterocycles. The summed E-state index contributed by atoms with van der Waals surface area (Å²) in [5, 5.41) is 3.13. The molecule has 1 saturated heterocycles. The molecular weight excluding hydrogens is 468 g/mol. The third kappa shape index (κ3) is 6.29. The van der Waals surface area contributed by atoms with Crippen LogP contribution in [0.3, 0.4) is 0 Å². The quantitative estimate of drug-likeness (QED) is 0.332. The number of aromatic nitrogens is 1. The molecule has 1 fully saturated rings. The van der Waals surface area contributed by atoms with Crippen molar-refractivity contribution < 1.29 is 9.53 Å². The molecule has 0 saturated carbocycles. The third-order valence-electron chi connectivity index (χ3n) is 6.56. The van der Waals surface area contributed by atoms with Crippen molar-refractivity contribution in [1.82, 2.24) is 19.7 Å². The number of benzene rings is 2. The summed E-state index contributed by atoms with van der Waals surface area (Å²) in [6.45, 7) is 6.60. The number of amides is 1. The highest BCUT2D eigenvalue weighted by Gasteiger charge is 2.22. The van der Waals surface area contributed by atoms with E-state index in [1.54, 1.807) is 0 Å². The fourth-order valence-electron chi connectivity index (χ4n) is 4.62. The van der Waals surface area contributed by atoms with Gasteiger partial charge in [0, 0.05) is 57.4 Å². The van der Waals surface area contributed by atoms with E-state index in [9.17, 15) is 4.79 Å². The first-order chi connectivity index (χ1) is 17.6. The molecule has 36 heavy (non-hydrogen) atoms. The Kier molecular flexibility index (Phi) is 7.91. The van der Waals surface area contributed by atoms with E-state index in [0.29, 0.717) is 6.61 Å². The van der Waals surface area contributed by atoms with E-state index in [2.05, 4.69) is 70.4 Å². The summed E-state index contributed by atoms with van der Waals surface area (Å²) in [7, 11) is 2.14. The summed E-state index contributed by atoms with van der Waals surface area (Å²) in [5.41, 5.74) is 3.58. The fourth-order valence-corrected chi connectivity index (χ4v) is 5.31. The van der Waals surface area contributed by atoms with Crippen LogP contribution in [0.1, 0.15) is 20.8 Å². The van der Waals surface area contributed by atoms with E-state index < -0.39 is 0 Å². The van der Waals surface area contributed by atoms with Gasteiger partial charge >= 0.3 is 0 Å².